The molecule has 0 aromatic heterocycles. The number of nitrogens with two attached hydrogens (primary N) is 1. The van der Waals surface area contributed by atoms with Gasteiger partial charge in [0.05, 0.1) is 12.6 Å². The van der Waals surface area contributed by atoms with Gasteiger partial charge in [0.1, 0.15) is 12.2 Å². The van der Waals surface area contributed by atoms with Gasteiger partial charge in [0.25, 0.3) is 0 Å². The fourth-order valence-corrected chi connectivity index (χ4v) is 1.58. The molecule has 2 atom stereocenters. The van der Waals surface area contributed by atoms with Crippen LogP contribution in [-0.2, 0) is 19.0 Å². The molecule has 0 aromatic carbocycles. The van der Waals surface area contributed by atoms with Gasteiger partial charge in [-0.05, 0) is 27.7 Å². The van der Waals surface area contributed by atoms with Gasteiger partial charge in [-0.1, -0.05) is 0 Å². The molecule has 19 heavy (non-hydrogen) atoms. The average molecular weight is 274 g/mol. The molecule has 1 unspecified atom stereocenters. The van der Waals surface area contributed by atoms with Gasteiger partial charge in [0.15, 0.2) is 0 Å². The van der Waals surface area contributed by atoms with E-state index in [1.54, 1.807) is 27.7 Å². The summed E-state index contributed by atoms with van der Waals surface area (Å²) in [5.74, 6) is -0.281. The summed E-state index contributed by atoms with van der Waals surface area (Å²) >= 11 is 0. The molecule has 1 fully saturated rings. The number of nitrogens with zero attached hydrogens (tertiary/aromatic N) is 1. The minimum absolute atomic E-state index is 0.123. The molecule has 2 N–H and O–H groups in total. The van der Waals surface area contributed by atoms with Crippen LogP contribution in [0.4, 0.5) is 4.79 Å². The van der Waals surface area contributed by atoms with E-state index < -0.39 is 24.0 Å². The van der Waals surface area contributed by atoms with Crippen molar-refractivity contribution in [2.24, 2.45) is 5.73 Å². The lowest BCUT2D eigenvalue weighted by Crippen LogP contribution is -2.55. The molecular formula is C12H22N2O5. The third kappa shape index (κ3) is 5.04. The lowest BCUT2D eigenvalue weighted by molar-refractivity contribution is -0.164. The SMILES string of the molecule is C[C@H](N)C(=O)N1CCOCC1OC(=O)OC(C)(C)C. The molecule has 7 nitrogen and oxygen atoms in total. The molecule has 110 valence electrons. The first-order valence-electron chi connectivity index (χ1n) is 6.24. The van der Waals surface area contributed by atoms with Gasteiger partial charge in [0.2, 0.25) is 12.1 Å². The molecular weight excluding hydrogens is 252 g/mol. The van der Waals surface area contributed by atoms with Crippen molar-refractivity contribution in [3.8, 4) is 0 Å². The van der Waals surface area contributed by atoms with Gasteiger partial charge in [-0.3, -0.25) is 4.79 Å². The molecule has 0 radical (unpaired) electrons. The summed E-state index contributed by atoms with van der Waals surface area (Å²) in [6, 6.07) is -0.650. The summed E-state index contributed by atoms with van der Waals surface area (Å²) in [5, 5.41) is 0. The van der Waals surface area contributed by atoms with Gasteiger partial charge in [-0.25, -0.2) is 4.79 Å². The molecule has 1 aliphatic rings. The van der Waals surface area contributed by atoms with Crippen LogP contribution in [-0.4, -0.2) is 54.6 Å². The zero-order chi connectivity index (χ0) is 14.6. The first kappa shape index (κ1) is 15.7. The Morgan fingerprint density at radius 3 is 2.58 bits per heavy atom. The Morgan fingerprint density at radius 2 is 2.05 bits per heavy atom. The Kier molecular flexibility index (Phi) is 5.13. The molecule has 0 aliphatic carbocycles. The number of hydrogen-bond acceptors (Lipinski definition) is 6. The normalized spacial score (nSPS) is 21.7. The van der Waals surface area contributed by atoms with Crippen LogP contribution < -0.4 is 5.73 Å². The van der Waals surface area contributed by atoms with E-state index in [-0.39, 0.29) is 12.5 Å². The number of carbonyl (C=O) groups is 2. The highest BCUT2D eigenvalue weighted by Gasteiger charge is 2.33. The van der Waals surface area contributed by atoms with E-state index in [9.17, 15) is 9.59 Å². The van der Waals surface area contributed by atoms with Gasteiger partial charge in [0, 0.05) is 6.54 Å². The first-order valence-corrected chi connectivity index (χ1v) is 6.24. The quantitative estimate of drug-likeness (QED) is 0.736. The zero-order valence-electron chi connectivity index (χ0n) is 11.8. The maximum atomic E-state index is 11.9. The molecule has 1 heterocycles. The first-order chi connectivity index (χ1) is 8.70. The van der Waals surface area contributed by atoms with Crippen LogP contribution in [0.15, 0.2) is 0 Å². The molecule has 1 amide bonds. The highest BCUT2D eigenvalue weighted by molar-refractivity contribution is 5.81. The van der Waals surface area contributed by atoms with Crippen LogP contribution in [0.5, 0.6) is 0 Å². The van der Waals surface area contributed by atoms with Gasteiger partial charge in [-0.2, -0.15) is 0 Å². The van der Waals surface area contributed by atoms with E-state index in [0.29, 0.717) is 13.2 Å². The predicted octanol–water partition coefficient (Wildman–Crippen LogP) is 0.470. The number of ether oxygens (including phenoxy) is 3. The van der Waals surface area contributed by atoms with Crippen LogP contribution in [0.1, 0.15) is 27.7 Å². The zero-order valence-corrected chi connectivity index (χ0v) is 11.8. The summed E-state index contributed by atoms with van der Waals surface area (Å²) in [5.41, 5.74) is 4.91. The Bertz CT molecular complexity index is 338. The second kappa shape index (κ2) is 6.21. The molecule has 0 bridgehead atoms. The highest BCUT2D eigenvalue weighted by atomic mass is 16.7. The predicted molar refractivity (Wildman–Crippen MR) is 67.3 cm³/mol. The van der Waals surface area contributed by atoms with E-state index in [1.165, 1.54) is 4.90 Å². The summed E-state index contributed by atoms with van der Waals surface area (Å²) in [7, 11) is 0. The second-order valence-electron chi connectivity index (χ2n) is 5.43. The summed E-state index contributed by atoms with van der Waals surface area (Å²) in [6.45, 7) is 7.64. The van der Waals surface area contributed by atoms with Crippen LogP contribution in [0.3, 0.4) is 0 Å². The van der Waals surface area contributed by atoms with Gasteiger partial charge >= 0.3 is 6.16 Å². The Labute approximate surface area is 113 Å². The number of hydrogen-bond donors (Lipinski definition) is 1. The van der Waals surface area contributed by atoms with Gasteiger partial charge < -0.3 is 24.8 Å². The largest absolute Gasteiger partial charge is 0.510 e. The monoisotopic (exact) mass is 274 g/mol. The van der Waals surface area contributed by atoms with Crippen molar-refractivity contribution in [3.05, 3.63) is 0 Å². The third-order valence-electron chi connectivity index (χ3n) is 2.38. The van der Waals surface area contributed by atoms with Crippen molar-refractivity contribution < 1.29 is 23.8 Å². The van der Waals surface area contributed by atoms with Gasteiger partial charge in [-0.15, -0.1) is 0 Å². The lowest BCUT2D eigenvalue weighted by atomic mass is 10.2. The average Bonchev–Trinajstić information content (AvgIpc) is 2.26. The van der Waals surface area contributed by atoms with Crippen LogP contribution >= 0.6 is 0 Å². The number of amides is 1. The summed E-state index contributed by atoms with van der Waals surface area (Å²) in [6.07, 6.45) is -1.62. The van der Waals surface area contributed by atoms with Crippen molar-refractivity contribution in [2.75, 3.05) is 19.8 Å². The number of morpholine rings is 1. The molecule has 1 aliphatic heterocycles. The molecule has 7 heteroatoms. The Morgan fingerprint density at radius 1 is 1.42 bits per heavy atom. The van der Waals surface area contributed by atoms with E-state index in [2.05, 4.69) is 0 Å². The minimum Gasteiger partial charge on any atom is -0.429 e. The second-order valence-corrected chi connectivity index (χ2v) is 5.43. The van der Waals surface area contributed by atoms with E-state index in [4.69, 9.17) is 19.9 Å². The van der Waals surface area contributed by atoms with E-state index >= 15 is 0 Å². The Hall–Kier alpha value is -1.34. The highest BCUT2D eigenvalue weighted by Crippen LogP contribution is 2.14. The Balaban J connectivity index is 2.63. The smallest absolute Gasteiger partial charge is 0.429 e. The van der Waals surface area contributed by atoms with Crippen molar-refractivity contribution in [3.63, 3.8) is 0 Å². The summed E-state index contributed by atoms with van der Waals surface area (Å²) < 4.78 is 15.4. The minimum atomic E-state index is -0.828. The molecule has 0 saturated carbocycles. The van der Waals surface area contributed by atoms with Crippen molar-refractivity contribution in [1.82, 2.24) is 4.90 Å². The van der Waals surface area contributed by atoms with Crippen molar-refractivity contribution >= 4 is 12.1 Å². The van der Waals surface area contributed by atoms with E-state index in [0.717, 1.165) is 0 Å². The van der Waals surface area contributed by atoms with E-state index in [1.807, 2.05) is 0 Å². The van der Waals surface area contributed by atoms with Crippen LogP contribution in [0, 0.1) is 0 Å². The third-order valence-corrected chi connectivity index (χ3v) is 2.38. The molecule has 0 aromatic rings. The van der Waals surface area contributed by atoms with Crippen molar-refractivity contribution in [2.45, 2.75) is 45.6 Å². The standard InChI is InChI=1S/C12H22N2O5/c1-8(13)10(15)14-5-6-17-7-9(14)18-11(16)19-12(2,3)4/h8-9H,5-7,13H2,1-4H3/t8-,9?/m0/s1. The topological polar surface area (TPSA) is 91.1 Å². The fraction of sp³-hybridized carbons (Fsp3) is 0.833. The maximum absolute atomic E-state index is 11.9. The molecule has 1 rings (SSSR count). The number of rotatable bonds is 2. The fourth-order valence-electron chi connectivity index (χ4n) is 1.58. The van der Waals surface area contributed by atoms with Crippen LogP contribution in [0.2, 0.25) is 0 Å². The lowest BCUT2D eigenvalue weighted by Gasteiger charge is -2.35. The number of carbonyl (C=O) groups excluding carboxylic acids is 2. The van der Waals surface area contributed by atoms with Crippen LogP contribution in [0.25, 0.3) is 0 Å². The molecule has 0 spiro atoms. The maximum Gasteiger partial charge on any atom is 0.510 e. The van der Waals surface area contributed by atoms with Crippen molar-refractivity contribution in [1.29, 1.82) is 0 Å². The molecule has 1 saturated heterocycles. The summed E-state index contributed by atoms with van der Waals surface area (Å²) in [4.78, 5) is 24.9.